The summed E-state index contributed by atoms with van der Waals surface area (Å²) < 4.78 is 7.45. The van der Waals surface area contributed by atoms with Crippen molar-refractivity contribution in [3.8, 4) is 28.8 Å². The van der Waals surface area contributed by atoms with Gasteiger partial charge in [0.1, 0.15) is 23.1 Å². The first kappa shape index (κ1) is 26.9. The summed E-state index contributed by atoms with van der Waals surface area (Å²) in [7, 11) is 0. The summed E-state index contributed by atoms with van der Waals surface area (Å²) in [4.78, 5) is 27.7. The highest BCUT2D eigenvalue weighted by atomic mass is 35.5. The third-order valence-corrected chi connectivity index (χ3v) is 6.83. The lowest BCUT2D eigenvalue weighted by Gasteiger charge is -2.31. The van der Waals surface area contributed by atoms with Crippen molar-refractivity contribution in [3.63, 3.8) is 0 Å². The lowest BCUT2D eigenvalue weighted by atomic mass is 9.92. The number of nitriles is 1. The van der Waals surface area contributed by atoms with Crippen LogP contribution in [0.25, 0.3) is 23.0 Å². The molecule has 0 bridgehead atoms. The van der Waals surface area contributed by atoms with Crippen LogP contribution in [-0.2, 0) is 9.59 Å². The number of hydrogen-bond acceptors (Lipinski definition) is 5. The van der Waals surface area contributed by atoms with Crippen molar-refractivity contribution in [2.75, 3.05) is 6.61 Å². The van der Waals surface area contributed by atoms with Gasteiger partial charge in [-0.2, -0.15) is 10.4 Å². The van der Waals surface area contributed by atoms with E-state index in [0.29, 0.717) is 40.6 Å². The Hall–Kier alpha value is -4.15. The van der Waals surface area contributed by atoms with Crippen molar-refractivity contribution in [2.45, 2.75) is 46.6 Å². The molecule has 0 fully saturated rings. The van der Waals surface area contributed by atoms with Crippen LogP contribution in [-0.4, -0.2) is 39.1 Å². The third-order valence-electron chi connectivity index (χ3n) is 6.53. The first-order valence-electron chi connectivity index (χ1n) is 12.6. The number of aromatic nitrogens is 2. The van der Waals surface area contributed by atoms with Gasteiger partial charge in [0, 0.05) is 28.9 Å². The van der Waals surface area contributed by atoms with Crippen LogP contribution >= 0.6 is 11.6 Å². The molecule has 0 spiro atoms. The van der Waals surface area contributed by atoms with Crippen LogP contribution in [0, 0.1) is 11.3 Å². The molecule has 2 heterocycles. The summed E-state index contributed by atoms with van der Waals surface area (Å²) in [6, 6.07) is 16.7. The minimum Gasteiger partial charge on any atom is -0.492 e. The van der Waals surface area contributed by atoms with Gasteiger partial charge in [-0.1, -0.05) is 43.6 Å². The number of carbonyl (C=O) groups excluding carboxylic acids is 2. The van der Waals surface area contributed by atoms with Gasteiger partial charge < -0.3 is 4.74 Å². The molecule has 1 unspecified atom stereocenters. The highest BCUT2D eigenvalue weighted by molar-refractivity contribution is 6.32. The first-order chi connectivity index (χ1) is 18.3. The lowest BCUT2D eigenvalue weighted by molar-refractivity contribution is -0.142. The average Bonchev–Trinajstić information content (AvgIpc) is 3.35. The Morgan fingerprint density at radius 2 is 1.87 bits per heavy atom. The number of imide groups is 1. The fraction of sp³-hybridized carbons (Fsp3) is 0.267. The number of carbonyl (C=O) groups is 2. The van der Waals surface area contributed by atoms with E-state index in [4.69, 9.17) is 21.4 Å². The highest BCUT2D eigenvalue weighted by Gasteiger charge is 2.37. The smallest absolute Gasteiger partial charge is 0.271 e. The van der Waals surface area contributed by atoms with E-state index < -0.39 is 11.8 Å². The van der Waals surface area contributed by atoms with Crippen molar-refractivity contribution in [3.05, 3.63) is 82.0 Å². The number of para-hydroxylation sites is 1. The summed E-state index contributed by atoms with van der Waals surface area (Å²) in [5.41, 5.74) is 3.41. The monoisotopic (exact) mass is 528 g/mol. The average molecular weight is 529 g/mol. The van der Waals surface area contributed by atoms with Gasteiger partial charge in [-0.3, -0.25) is 14.5 Å². The maximum absolute atomic E-state index is 13.6. The Kier molecular flexibility index (Phi) is 8.13. The van der Waals surface area contributed by atoms with E-state index in [1.807, 2.05) is 62.5 Å². The number of rotatable bonds is 8. The van der Waals surface area contributed by atoms with Crippen LogP contribution in [0.5, 0.6) is 5.75 Å². The largest absolute Gasteiger partial charge is 0.492 e. The zero-order chi connectivity index (χ0) is 27.4. The number of nitrogens with zero attached hydrogens (tertiary/aromatic N) is 4. The SMILES string of the molecule is CCCOc1ccc(-c2nn(-c3ccccc3)cc2/C=C2/C(=O)N(C(C)CC)C(=O)C(C#N)=C2C)cc1Cl. The molecule has 8 heteroatoms. The molecule has 0 aliphatic carbocycles. The van der Waals surface area contributed by atoms with Crippen LogP contribution in [0.2, 0.25) is 5.02 Å². The summed E-state index contributed by atoms with van der Waals surface area (Å²) >= 11 is 6.54. The highest BCUT2D eigenvalue weighted by Crippen LogP contribution is 2.35. The zero-order valence-corrected chi connectivity index (χ0v) is 22.6. The van der Waals surface area contributed by atoms with E-state index in [0.717, 1.165) is 17.7 Å². The topological polar surface area (TPSA) is 88.2 Å². The van der Waals surface area contributed by atoms with E-state index in [9.17, 15) is 14.9 Å². The van der Waals surface area contributed by atoms with E-state index in [1.165, 1.54) is 4.90 Å². The predicted molar refractivity (Wildman–Crippen MR) is 148 cm³/mol. The summed E-state index contributed by atoms with van der Waals surface area (Å²) in [6.45, 7) is 7.90. The molecule has 0 radical (unpaired) electrons. The molecule has 3 aromatic rings. The number of hydrogen-bond donors (Lipinski definition) is 0. The van der Waals surface area contributed by atoms with Crippen LogP contribution in [0.15, 0.2) is 71.4 Å². The Morgan fingerprint density at radius 3 is 2.50 bits per heavy atom. The van der Waals surface area contributed by atoms with E-state index >= 15 is 0 Å². The van der Waals surface area contributed by atoms with E-state index in [1.54, 1.807) is 36.7 Å². The molecule has 2 amide bonds. The number of halogens is 1. The van der Waals surface area contributed by atoms with Crippen LogP contribution in [0.4, 0.5) is 0 Å². The molecule has 38 heavy (non-hydrogen) atoms. The molecule has 7 nitrogen and oxygen atoms in total. The lowest BCUT2D eigenvalue weighted by Crippen LogP contribution is -2.47. The van der Waals surface area contributed by atoms with Crippen molar-refractivity contribution in [2.24, 2.45) is 0 Å². The quantitative estimate of drug-likeness (QED) is 0.250. The van der Waals surface area contributed by atoms with Crippen LogP contribution in [0.1, 0.15) is 46.1 Å². The number of amides is 2. The van der Waals surface area contributed by atoms with Gasteiger partial charge in [0.05, 0.1) is 17.3 Å². The Labute approximate surface area is 227 Å². The third kappa shape index (κ3) is 5.13. The Morgan fingerprint density at radius 1 is 1.13 bits per heavy atom. The van der Waals surface area contributed by atoms with Crippen molar-refractivity contribution in [1.82, 2.24) is 14.7 Å². The van der Waals surface area contributed by atoms with Crippen molar-refractivity contribution < 1.29 is 14.3 Å². The number of benzene rings is 2. The normalized spacial score (nSPS) is 15.7. The second-order valence-electron chi connectivity index (χ2n) is 9.11. The van der Waals surface area contributed by atoms with Crippen molar-refractivity contribution in [1.29, 1.82) is 5.26 Å². The Balaban J connectivity index is 1.90. The standard InChI is InChI=1S/C30H29ClN4O3/c1-5-14-38-27-13-12-21(16-26(27)31)28-22(18-34(33-28)23-10-8-7-9-11-23)15-24-20(4)25(17-32)30(37)35(29(24)36)19(3)6-2/h7-13,15-16,18-19H,5-6,14H2,1-4H3/b24-15+. The van der Waals surface area contributed by atoms with Crippen LogP contribution in [0.3, 0.4) is 0 Å². The minimum absolute atomic E-state index is 0.0337. The predicted octanol–water partition coefficient (Wildman–Crippen LogP) is 6.37. The van der Waals surface area contributed by atoms with Crippen molar-refractivity contribution >= 4 is 29.5 Å². The van der Waals surface area contributed by atoms with Crippen LogP contribution < -0.4 is 4.74 Å². The van der Waals surface area contributed by atoms with Gasteiger partial charge >= 0.3 is 0 Å². The van der Waals surface area contributed by atoms with Gasteiger partial charge in [0.2, 0.25) is 0 Å². The molecule has 1 atom stereocenters. The minimum atomic E-state index is -0.559. The van der Waals surface area contributed by atoms with Gasteiger partial charge in [-0.05, 0) is 68.7 Å². The molecule has 1 aliphatic rings. The zero-order valence-electron chi connectivity index (χ0n) is 21.9. The maximum Gasteiger partial charge on any atom is 0.271 e. The van der Waals surface area contributed by atoms with Gasteiger partial charge in [0.25, 0.3) is 11.8 Å². The van der Waals surface area contributed by atoms with E-state index in [-0.39, 0.29) is 17.2 Å². The molecule has 194 valence electrons. The molecule has 0 saturated carbocycles. The molecule has 0 N–H and O–H groups in total. The Bertz CT molecular complexity index is 1480. The second kappa shape index (κ2) is 11.5. The maximum atomic E-state index is 13.6. The second-order valence-corrected chi connectivity index (χ2v) is 9.52. The summed E-state index contributed by atoms with van der Waals surface area (Å²) in [5.74, 6) is -0.404. The van der Waals surface area contributed by atoms with Gasteiger partial charge in [-0.15, -0.1) is 0 Å². The summed E-state index contributed by atoms with van der Waals surface area (Å²) in [6.07, 6.45) is 4.96. The molecular formula is C30H29ClN4O3. The molecule has 4 rings (SSSR count). The summed E-state index contributed by atoms with van der Waals surface area (Å²) in [5, 5.41) is 15.0. The molecule has 1 aromatic heterocycles. The molecule has 1 aliphatic heterocycles. The fourth-order valence-electron chi connectivity index (χ4n) is 4.25. The molecule has 0 saturated heterocycles. The number of ether oxygens (including phenoxy) is 1. The fourth-order valence-corrected chi connectivity index (χ4v) is 4.48. The molecular weight excluding hydrogens is 500 g/mol. The van der Waals surface area contributed by atoms with Gasteiger partial charge in [-0.25, -0.2) is 4.68 Å². The van der Waals surface area contributed by atoms with Gasteiger partial charge in [0.15, 0.2) is 0 Å². The first-order valence-corrected chi connectivity index (χ1v) is 13.0. The molecule has 2 aromatic carbocycles. The van der Waals surface area contributed by atoms with E-state index in [2.05, 4.69) is 0 Å².